The Morgan fingerprint density at radius 1 is 0.788 bits per heavy atom. The van der Waals surface area contributed by atoms with Crippen molar-refractivity contribution in [1.29, 1.82) is 0 Å². The minimum atomic E-state index is -0.395. The molecule has 1 aliphatic carbocycles. The highest BCUT2D eigenvalue weighted by Crippen LogP contribution is 2.58. The summed E-state index contributed by atoms with van der Waals surface area (Å²) in [5, 5.41) is 2.57. The number of nitrogens with one attached hydrogen (secondary N) is 1. The molecule has 0 aliphatic heterocycles. The summed E-state index contributed by atoms with van der Waals surface area (Å²) < 4.78 is 0. The largest absolute Gasteiger partial charge is 0.354 e. The van der Waals surface area contributed by atoms with E-state index < -0.39 is 5.41 Å². The maximum Gasteiger partial charge on any atom is 0.0710 e. The number of allylic oxidation sites excluding steroid dienone is 5. The number of para-hydroxylation sites is 1. The van der Waals surface area contributed by atoms with E-state index in [4.69, 9.17) is 0 Å². The average Bonchev–Trinajstić information content (AvgIpc) is 3.39. The second kappa shape index (κ2) is 7.50. The normalized spacial score (nSPS) is 17.5. The third kappa shape index (κ3) is 2.60. The number of rotatable bonds is 4. The zero-order valence-electron chi connectivity index (χ0n) is 18.7. The molecule has 1 nitrogen and oxygen atoms in total. The van der Waals surface area contributed by atoms with E-state index in [-0.39, 0.29) is 0 Å². The van der Waals surface area contributed by atoms with Gasteiger partial charge in [0.2, 0.25) is 0 Å². The fraction of sp³-hybridized carbons (Fsp3) is 0.0625. The molecule has 1 heteroatoms. The van der Waals surface area contributed by atoms with Crippen molar-refractivity contribution >= 4 is 21.8 Å². The van der Waals surface area contributed by atoms with Gasteiger partial charge in [-0.2, -0.15) is 0 Å². The predicted molar refractivity (Wildman–Crippen MR) is 141 cm³/mol. The molecule has 0 spiro atoms. The van der Waals surface area contributed by atoms with Gasteiger partial charge in [0.1, 0.15) is 0 Å². The van der Waals surface area contributed by atoms with Crippen LogP contribution in [-0.2, 0) is 5.41 Å². The minimum absolute atomic E-state index is 0.395. The molecule has 33 heavy (non-hydrogen) atoms. The van der Waals surface area contributed by atoms with Gasteiger partial charge in [0.15, 0.2) is 0 Å². The van der Waals surface area contributed by atoms with Crippen LogP contribution in [-0.4, -0.2) is 4.98 Å². The highest BCUT2D eigenvalue weighted by Gasteiger charge is 2.47. The monoisotopic (exact) mass is 423 g/mol. The van der Waals surface area contributed by atoms with Gasteiger partial charge in [-0.15, -0.1) is 0 Å². The van der Waals surface area contributed by atoms with Crippen LogP contribution in [0.15, 0.2) is 127 Å². The van der Waals surface area contributed by atoms with Gasteiger partial charge in [0.25, 0.3) is 0 Å². The summed E-state index contributed by atoms with van der Waals surface area (Å²) in [7, 11) is 0. The fourth-order valence-electron chi connectivity index (χ4n) is 5.79. The zero-order valence-corrected chi connectivity index (χ0v) is 18.7. The van der Waals surface area contributed by atoms with Crippen molar-refractivity contribution in [2.24, 2.45) is 0 Å². The number of hydrogen-bond acceptors (Lipinski definition) is 0. The molecule has 1 unspecified atom stereocenters. The fourth-order valence-corrected chi connectivity index (χ4v) is 5.79. The van der Waals surface area contributed by atoms with Crippen LogP contribution in [0, 0.1) is 0 Å². The van der Waals surface area contributed by atoms with E-state index in [1.807, 2.05) is 12.2 Å². The summed E-state index contributed by atoms with van der Waals surface area (Å²) in [5.41, 5.74) is 9.77. The van der Waals surface area contributed by atoms with Crippen LogP contribution in [0.3, 0.4) is 0 Å². The van der Waals surface area contributed by atoms with E-state index >= 15 is 0 Å². The number of fused-ring (bicyclic) bond motifs is 7. The standard InChI is InChI=1S/C32H25N/c1-3-5-13-22(4-2)32(23-14-7-6-8-15-23)26-18-11-9-16-24(26)30-27(32)20-21-29-31(30)25-17-10-12-19-28(25)33-29/h3-21,33H,1H2,2H3/b13-5-,22-4+. The molecule has 1 aliphatic rings. The van der Waals surface area contributed by atoms with Crippen LogP contribution in [0.1, 0.15) is 23.6 Å². The lowest BCUT2D eigenvalue weighted by molar-refractivity contribution is 0.766. The number of aromatic amines is 1. The molecule has 0 amide bonds. The Morgan fingerprint density at radius 3 is 2.36 bits per heavy atom. The first-order chi connectivity index (χ1) is 16.3. The van der Waals surface area contributed by atoms with E-state index in [2.05, 4.69) is 122 Å². The molecule has 6 rings (SSSR count). The molecule has 0 fully saturated rings. The lowest BCUT2D eigenvalue weighted by Crippen LogP contribution is -2.29. The van der Waals surface area contributed by atoms with Gasteiger partial charge in [-0.25, -0.2) is 0 Å². The SMILES string of the molecule is C=C/C=C\C(=C/C)C1(c2ccccc2)c2ccccc2-c2c1ccc1[nH]c3ccccc3c21. The molecule has 1 N–H and O–H groups in total. The van der Waals surface area contributed by atoms with Crippen LogP contribution >= 0.6 is 0 Å². The number of aromatic nitrogens is 1. The van der Waals surface area contributed by atoms with Crippen molar-refractivity contribution in [3.8, 4) is 11.1 Å². The Bertz CT molecular complexity index is 1580. The van der Waals surface area contributed by atoms with E-state index in [0.717, 1.165) is 0 Å². The molecular formula is C32H25N. The van der Waals surface area contributed by atoms with E-state index in [1.54, 1.807) is 0 Å². The zero-order chi connectivity index (χ0) is 22.4. The molecular weight excluding hydrogens is 398 g/mol. The van der Waals surface area contributed by atoms with Crippen LogP contribution in [0.2, 0.25) is 0 Å². The Hall–Kier alpha value is -4.10. The molecule has 158 valence electrons. The summed E-state index contributed by atoms with van der Waals surface area (Å²) in [6, 6.07) is 33.0. The van der Waals surface area contributed by atoms with Crippen molar-refractivity contribution in [1.82, 2.24) is 4.98 Å². The second-order valence-corrected chi connectivity index (χ2v) is 8.58. The third-order valence-corrected chi connectivity index (χ3v) is 7.04. The molecule has 0 radical (unpaired) electrons. The minimum Gasteiger partial charge on any atom is -0.354 e. The van der Waals surface area contributed by atoms with Gasteiger partial charge in [-0.1, -0.05) is 110 Å². The van der Waals surface area contributed by atoms with Crippen LogP contribution in [0.5, 0.6) is 0 Å². The predicted octanol–water partition coefficient (Wildman–Crippen LogP) is 8.32. The van der Waals surface area contributed by atoms with Gasteiger partial charge in [-0.3, -0.25) is 0 Å². The maximum absolute atomic E-state index is 3.93. The topological polar surface area (TPSA) is 15.8 Å². The Morgan fingerprint density at radius 2 is 1.55 bits per heavy atom. The highest BCUT2D eigenvalue weighted by atomic mass is 14.7. The maximum atomic E-state index is 3.93. The second-order valence-electron chi connectivity index (χ2n) is 8.58. The molecule has 0 saturated heterocycles. The number of H-pyrrole nitrogens is 1. The average molecular weight is 424 g/mol. The quantitative estimate of drug-likeness (QED) is 0.280. The van der Waals surface area contributed by atoms with Crippen molar-refractivity contribution in [2.45, 2.75) is 12.3 Å². The number of hydrogen-bond donors (Lipinski definition) is 1. The van der Waals surface area contributed by atoms with Crippen LogP contribution < -0.4 is 0 Å². The first-order valence-electron chi connectivity index (χ1n) is 11.5. The molecule has 5 aromatic rings. The summed E-state index contributed by atoms with van der Waals surface area (Å²) in [6.07, 6.45) is 8.36. The number of benzene rings is 4. The lowest BCUT2D eigenvalue weighted by Gasteiger charge is -2.34. The molecule has 1 heterocycles. The summed E-state index contributed by atoms with van der Waals surface area (Å²) >= 11 is 0. The van der Waals surface area contributed by atoms with Crippen LogP contribution in [0.25, 0.3) is 32.9 Å². The van der Waals surface area contributed by atoms with E-state index in [9.17, 15) is 0 Å². The van der Waals surface area contributed by atoms with Gasteiger partial charge in [0.05, 0.1) is 5.41 Å². The summed E-state index contributed by atoms with van der Waals surface area (Å²) in [6.45, 7) is 6.06. The van der Waals surface area contributed by atoms with Crippen molar-refractivity contribution in [3.63, 3.8) is 0 Å². The highest BCUT2D eigenvalue weighted by molar-refractivity contribution is 6.17. The molecule has 4 aromatic carbocycles. The van der Waals surface area contributed by atoms with Gasteiger partial charge < -0.3 is 4.98 Å². The Labute approximate surface area is 194 Å². The molecule has 1 atom stereocenters. The van der Waals surface area contributed by atoms with Crippen LogP contribution in [0.4, 0.5) is 0 Å². The summed E-state index contributed by atoms with van der Waals surface area (Å²) in [5.74, 6) is 0. The first-order valence-corrected chi connectivity index (χ1v) is 11.5. The van der Waals surface area contributed by atoms with Gasteiger partial charge in [0, 0.05) is 21.8 Å². The third-order valence-electron chi connectivity index (χ3n) is 7.04. The smallest absolute Gasteiger partial charge is 0.0710 e. The molecule has 0 saturated carbocycles. The molecule has 1 aromatic heterocycles. The first kappa shape index (κ1) is 19.6. The van der Waals surface area contributed by atoms with E-state index in [1.165, 1.54) is 55.2 Å². The van der Waals surface area contributed by atoms with Crippen molar-refractivity contribution < 1.29 is 0 Å². The van der Waals surface area contributed by atoms with Gasteiger partial charge >= 0.3 is 0 Å². The molecule has 0 bridgehead atoms. The van der Waals surface area contributed by atoms with Crippen molar-refractivity contribution in [3.05, 3.63) is 144 Å². The van der Waals surface area contributed by atoms with Gasteiger partial charge in [-0.05, 0) is 52.4 Å². The Kier molecular flexibility index (Phi) is 4.45. The summed E-state index contributed by atoms with van der Waals surface area (Å²) in [4.78, 5) is 3.64. The Balaban J connectivity index is 1.85. The van der Waals surface area contributed by atoms with Crippen molar-refractivity contribution in [2.75, 3.05) is 0 Å². The van der Waals surface area contributed by atoms with E-state index in [0.29, 0.717) is 0 Å². The lowest BCUT2D eigenvalue weighted by atomic mass is 9.67.